The van der Waals surface area contributed by atoms with Crippen molar-refractivity contribution in [1.29, 1.82) is 5.26 Å². The van der Waals surface area contributed by atoms with E-state index in [2.05, 4.69) is 16.5 Å². The largest absolute Gasteiger partial charge is 0.484 e. The lowest BCUT2D eigenvalue weighted by Gasteiger charge is -2.32. The summed E-state index contributed by atoms with van der Waals surface area (Å²) in [5.41, 5.74) is 1.03. The van der Waals surface area contributed by atoms with Crippen molar-refractivity contribution >= 4 is 16.8 Å². The molecule has 2 aromatic heterocycles. The number of halogens is 1. The van der Waals surface area contributed by atoms with Crippen LogP contribution in [-0.4, -0.2) is 26.3 Å². The Bertz CT molecular complexity index is 1610. The van der Waals surface area contributed by atoms with Crippen LogP contribution in [0.4, 0.5) is 4.39 Å². The minimum atomic E-state index is -0.992. The van der Waals surface area contributed by atoms with Gasteiger partial charge in [-0.15, -0.1) is 0 Å². The van der Waals surface area contributed by atoms with Gasteiger partial charge in [-0.05, 0) is 60.7 Å². The summed E-state index contributed by atoms with van der Waals surface area (Å²) in [5, 5.41) is 17.8. The van der Waals surface area contributed by atoms with Crippen LogP contribution < -0.4 is 15.6 Å². The van der Waals surface area contributed by atoms with Crippen LogP contribution in [0.3, 0.4) is 0 Å². The van der Waals surface area contributed by atoms with Crippen LogP contribution in [0.15, 0.2) is 71.8 Å². The molecule has 194 valence electrons. The molecule has 0 aliphatic heterocycles. The number of amides is 1. The highest BCUT2D eigenvalue weighted by Gasteiger charge is 2.51. The molecule has 2 atom stereocenters. The number of carbonyl (C=O) groups is 1. The first-order valence-corrected chi connectivity index (χ1v) is 12.5. The van der Waals surface area contributed by atoms with Gasteiger partial charge in [0.1, 0.15) is 23.1 Å². The minimum absolute atomic E-state index is 0.0714. The van der Waals surface area contributed by atoms with E-state index in [0.29, 0.717) is 24.2 Å². The molecular formula is C29H28FN5O3. The van der Waals surface area contributed by atoms with Crippen molar-refractivity contribution in [1.82, 2.24) is 19.7 Å². The molecule has 5 rings (SSSR count). The van der Waals surface area contributed by atoms with Gasteiger partial charge in [0.15, 0.2) is 0 Å². The lowest BCUT2D eigenvalue weighted by Crippen LogP contribution is -2.47. The molecule has 38 heavy (non-hydrogen) atoms. The molecule has 0 unspecified atom stereocenters. The van der Waals surface area contributed by atoms with Gasteiger partial charge in [0.25, 0.3) is 0 Å². The maximum absolute atomic E-state index is 14.3. The Labute approximate surface area is 219 Å². The van der Waals surface area contributed by atoms with Gasteiger partial charge >= 0.3 is 0 Å². The number of fused-ring (bicyclic) bond motifs is 1. The zero-order valence-corrected chi connectivity index (χ0v) is 21.4. The highest BCUT2D eigenvalue weighted by atomic mass is 19.1. The number of nitriles is 1. The predicted octanol–water partition coefficient (Wildman–Crippen LogP) is 4.43. The topological polar surface area (TPSA) is 102 Å². The Morgan fingerprint density at radius 2 is 1.97 bits per heavy atom. The van der Waals surface area contributed by atoms with Gasteiger partial charge in [-0.3, -0.25) is 9.59 Å². The zero-order chi connectivity index (χ0) is 27.0. The molecule has 4 aromatic rings. The maximum Gasteiger partial charge on any atom is 0.250 e. The van der Waals surface area contributed by atoms with Gasteiger partial charge in [-0.25, -0.2) is 9.07 Å². The molecule has 9 heteroatoms. The monoisotopic (exact) mass is 513 g/mol. The van der Waals surface area contributed by atoms with E-state index in [9.17, 15) is 19.2 Å². The average molecular weight is 514 g/mol. The van der Waals surface area contributed by atoms with E-state index in [4.69, 9.17) is 4.74 Å². The second kappa shape index (κ2) is 9.78. The number of rotatable bonds is 8. The normalized spacial score (nSPS) is 15.6. The van der Waals surface area contributed by atoms with Crippen LogP contribution in [0.25, 0.3) is 16.6 Å². The van der Waals surface area contributed by atoms with Crippen LogP contribution in [0.5, 0.6) is 5.75 Å². The summed E-state index contributed by atoms with van der Waals surface area (Å²) in [5.74, 6) is -0.279. The standard InChI is InChI=1S/C29H28FN5O3/c1-18(2)26(33-28(37)29(17-31)11-12-29)27(19-5-4-6-21(30)13-19)38-23-8-9-24-20(14-23)15-32-35(24)22-7-10-25(36)34(3)16-22/h4-10,13-16,18,26-27H,11-12H2,1-3H3,(H,33,37)/t26-,27+/m0/s1. The lowest BCUT2D eigenvalue weighted by atomic mass is 9.92. The summed E-state index contributed by atoms with van der Waals surface area (Å²) >= 11 is 0. The van der Waals surface area contributed by atoms with E-state index in [-0.39, 0.29) is 17.4 Å². The maximum atomic E-state index is 14.3. The molecule has 0 bridgehead atoms. The summed E-state index contributed by atoms with van der Waals surface area (Å²) in [7, 11) is 1.68. The van der Waals surface area contributed by atoms with E-state index < -0.39 is 23.4 Å². The molecule has 0 radical (unpaired) electrons. The van der Waals surface area contributed by atoms with Gasteiger partial charge in [0, 0.05) is 24.7 Å². The van der Waals surface area contributed by atoms with E-state index >= 15 is 0 Å². The number of hydrogen-bond donors (Lipinski definition) is 1. The molecule has 2 heterocycles. The number of carbonyl (C=O) groups excluding carboxylic acids is 1. The molecule has 0 spiro atoms. The molecule has 1 saturated carbocycles. The molecule has 2 aromatic carbocycles. The summed E-state index contributed by atoms with van der Waals surface area (Å²) in [6.07, 6.45) is 3.77. The highest BCUT2D eigenvalue weighted by molar-refractivity contribution is 5.88. The molecule has 1 aliphatic carbocycles. The SMILES string of the molecule is CC(C)[C@H](NC(=O)C1(C#N)CC1)[C@H](Oc1ccc2c(cnn2-c2ccc(=O)n(C)c2)c1)c1cccc(F)c1. The van der Waals surface area contributed by atoms with E-state index in [1.807, 2.05) is 26.0 Å². The Morgan fingerprint density at radius 3 is 2.63 bits per heavy atom. The molecule has 0 saturated heterocycles. The summed E-state index contributed by atoms with van der Waals surface area (Å²) < 4.78 is 23.9. The Hall–Kier alpha value is -4.45. The molecule has 1 N–H and O–H groups in total. The smallest absolute Gasteiger partial charge is 0.250 e. The molecule has 1 fully saturated rings. The highest BCUT2D eigenvalue weighted by Crippen LogP contribution is 2.45. The second-order valence-electron chi connectivity index (χ2n) is 10.1. The Kier molecular flexibility index (Phi) is 6.49. The fourth-order valence-electron chi connectivity index (χ4n) is 4.57. The summed E-state index contributed by atoms with van der Waals surface area (Å²) in [6.45, 7) is 3.90. The van der Waals surface area contributed by atoms with E-state index in [0.717, 1.165) is 16.6 Å². The second-order valence-corrected chi connectivity index (χ2v) is 10.1. The van der Waals surface area contributed by atoms with Crippen LogP contribution in [0.2, 0.25) is 0 Å². The third-order valence-electron chi connectivity index (χ3n) is 7.04. The number of ether oxygens (including phenoxy) is 1. The van der Waals surface area contributed by atoms with Crippen molar-refractivity contribution in [3.63, 3.8) is 0 Å². The van der Waals surface area contributed by atoms with E-state index in [1.54, 1.807) is 48.4 Å². The quantitative estimate of drug-likeness (QED) is 0.376. The van der Waals surface area contributed by atoms with Crippen molar-refractivity contribution in [3.8, 4) is 17.5 Å². The number of benzene rings is 2. The third kappa shape index (κ3) is 4.77. The number of aromatic nitrogens is 3. The minimum Gasteiger partial charge on any atom is -0.484 e. The van der Waals surface area contributed by atoms with Gasteiger partial charge < -0.3 is 14.6 Å². The van der Waals surface area contributed by atoms with Crippen LogP contribution >= 0.6 is 0 Å². The number of pyridine rings is 1. The first kappa shape index (κ1) is 25.2. The van der Waals surface area contributed by atoms with Gasteiger partial charge in [0.05, 0.1) is 29.5 Å². The number of aryl methyl sites for hydroxylation is 1. The lowest BCUT2D eigenvalue weighted by molar-refractivity contribution is -0.126. The predicted molar refractivity (Wildman–Crippen MR) is 140 cm³/mol. The van der Waals surface area contributed by atoms with Crippen molar-refractivity contribution < 1.29 is 13.9 Å². The fraction of sp³-hybridized carbons (Fsp3) is 0.310. The van der Waals surface area contributed by atoms with Gasteiger partial charge in [-0.1, -0.05) is 26.0 Å². The summed E-state index contributed by atoms with van der Waals surface area (Å²) in [6, 6.07) is 16.5. The van der Waals surface area contributed by atoms with E-state index in [1.165, 1.54) is 22.8 Å². The molecule has 1 aliphatic rings. The van der Waals surface area contributed by atoms with Gasteiger partial charge in [0.2, 0.25) is 11.5 Å². The van der Waals surface area contributed by atoms with Crippen LogP contribution in [0.1, 0.15) is 38.4 Å². The number of nitrogens with zero attached hydrogens (tertiary/aromatic N) is 4. The van der Waals surface area contributed by atoms with Crippen LogP contribution in [0, 0.1) is 28.5 Å². The fourth-order valence-corrected chi connectivity index (χ4v) is 4.57. The zero-order valence-electron chi connectivity index (χ0n) is 21.4. The average Bonchev–Trinajstić information content (AvgIpc) is 3.60. The molecule has 1 amide bonds. The first-order chi connectivity index (χ1) is 18.2. The Morgan fingerprint density at radius 1 is 1.18 bits per heavy atom. The first-order valence-electron chi connectivity index (χ1n) is 12.5. The molecular weight excluding hydrogens is 485 g/mol. The third-order valence-corrected chi connectivity index (χ3v) is 7.04. The van der Waals surface area contributed by atoms with Crippen molar-refractivity contribution in [2.75, 3.05) is 0 Å². The number of nitrogens with one attached hydrogen (secondary N) is 1. The van der Waals surface area contributed by atoms with Crippen molar-refractivity contribution in [2.45, 2.75) is 38.8 Å². The summed E-state index contributed by atoms with van der Waals surface area (Å²) in [4.78, 5) is 24.8. The van der Waals surface area contributed by atoms with Crippen LogP contribution in [-0.2, 0) is 11.8 Å². The number of hydrogen-bond acceptors (Lipinski definition) is 5. The van der Waals surface area contributed by atoms with Crippen molar-refractivity contribution in [3.05, 3.63) is 88.7 Å². The molecule has 8 nitrogen and oxygen atoms in total. The Balaban J connectivity index is 1.49. The van der Waals surface area contributed by atoms with Crippen molar-refractivity contribution in [2.24, 2.45) is 18.4 Å². The van der Waals surface area contributed by atoms with Gasteiger partial charge in [-0.2, -0.15) is 10.4 Å².